The van der Waals surface area contributed by atoms with Gasteiger partial charge in [-0.3, -0.25) is 14.2 Å². The van der Waals surface area contributed by atoms with Gasteiger partial charge < -0.3 is 78.1 Å². The number of aliphatic hydroxyl groups excluding tert-OH is 7. The Balaban J connectivity index is 0.0000274. The van der Waals surface area contributed by atoms with Crippen LogP contribution >= 0.6 is 7.82 Å². The fourth-order valence-corrected chi connectivity index (χ4v) is 9.73. The first-order valence-electron chi connectivity index (χ1n) is 28.4. The van der Waals surface area contributed by atoms with Crippen molar-refractivity contribution in [2.45, 2.75) is 287 Å². The number of hydrogen-bond donors (Lipinski definition) is 7. The van der Waals surface area contributed by atoms with Crippen molar-refractivity contribution in [1.29, 1.82) is 0 Å². The SMILES string of the molecule is CCCCCCCCCCCCCCCCCC(=O)OC[C@H](COP(=O)([O-])OCCOC1OC(COC2OC(CO)C(O)C(O)C2O)C(O)C(O)C1O)OC(=O)CCCCCCCCCCCCCCCCC.[Na+]. The Morgan fingerprint density at radius 3 is 1.30 bits per heavy atom. The van der Waals surface area contributed by atoms with Crippen molar-refractivity contribution in [3.8, 4) is 0 Å². The van der Waals surface area contributed by atoms with Crippen molar-refractivity contribution in [3.05, 3.63) is 0 Å². The average molecular weight is 1100 g/mol. The van der Waals surface area contributed by atoms with E-state index >= 15 is 0 Å². The molecule has 2 aliphatic rings. The van der Waals surface area contributed by atoms with Crippen LogP contribution in [0.2, 0.25) is 0 Å². The molecule has 0 aromatic carbocycles. The van der Waals surface area contributed by atoms with Crippen LogP contribution in [0.3, 0.4) is 0 Å². The maximum Gasteiger partial charge on any atom is 1.00 e. The average Bonchev–Trinajstić information content (AvgIpc) is 3.37. The number of carbonyl (C=O) groups excluding carboxylic acids is 2. The Hall–Kier alpha value is -0.390. The second-order valence-electron chi connectivity index (χ2n) is 20.2. The van der Waals surface area contributed by atoms with Crippen molar-refractivity contribution in [1.82, 2.24) is 0 Å². The van der Waals surface area contributed by atoms with Crippen LogP contribution in [0, 0.1) is 0 Å². The second kappa shape index (κ2) is 45.4. The zero-order valence-electron chi connectivity index (χ0n) is 45.7. The van der Waals surface area contributed by atoms with Crippen molar-refractivity contribution in [2.75, 3.05) is 39.6 Å². The van der Waals surface area contributed by atoms with Gasteiger partial charge in [-0.05, 0) is 12.8 Å². The summed E-state index contributed by atoms with van der Waals surface area (Å²) in [6, 6.07) is 0. The van der Waals surface area contributed by atoms with Gasteiger partial charge in [0.1, 0.15) is 55.4 Å². The number of phosphoric acid groups is 1. The first-order chi connectivity index (χ1) is 35.2. The summed E-state index contributed by atoms with van der Waals surface area (Å²) in [5.41, 5.74) is 0. The molecule has 7 N–H and O–H groups in total. The molecule has 2 saturated heterocycles. The molecule has 0 aromatic heterocycles. The van der Waals surface area contributed by atoms with E-state index in [4.69, 9.17) is 37.5 Å². The molecule has 0 amide bonds. The molecular formula is C53H100NaO19P. The van der Waals surface area contributed by atoms with Gasteiger partial charge in [0.05, 0.1) is 33.0 Å². The Kier molecular flexibility index (Phi) is 43.9. The maximum atomic E-state index is 12.9. The summed E-state index contributed by atoms with van der Waals surface area (Å²) in [5, 5.41) is 71.2. The molecule has 0 spiro atoms. The molecule has 2 rings (SSSR count). The monoisotopic (exact) mass is 1090 g/mol. The first-order valence-corrected chi connectivity index (χ1v) is 29.9. The van der Waals surface area contributed by atoms with Crippen LogP contribution < -0.4 is 34.5 Å². The molecule has 0 bridgehead atoms. The molecule has 2 fully saturated rings. The predicted octanol–water partition coefficient (Wildman–Crippen LogP) is 4.11. The van der Waals surface area contributed by atoms with Gasteiger partial charge in [-0.1, -0.05) is 194 Å². The summed E-state index contributed by atoms with van der Waals surface area (Å²) in [6.07, 6.45) is 18.2. The van der Waals surface area contributed by atoms with Crippen molar-refractivity contribution < 1.29 is 122 Å². The van der Waals surface area contributed by atoms with Crippen LogP contribution in [0.5, 0.6) is 0 Å². The standard InChI is InChI=1S/C53H101O19P.Na/c1-3-5-7-9-11-13-15-17-19-21-23-25-27-29-31-33-44(55)66-38-41(70-45(56)34-32-30-28-26-24-22-20-18-16-14-12-10-8-6-4-2)39-69-73(63,64)68-36-35-65-52-50(61)49(60)47(58)43(72-52)40-67-53-51(62)48(59)46(57)42(37-54)71-53;/h41-43,46-54,57-62H,3-40H2,1-2H3,(H,63,64);/q;+1/p-1/t41-,42?,43?,46?,47?,48?,49?,50?,51?,52?,53?;/m1./s1. The van der Waals surface area contributed by atoms with Gasteiger partial charge in [0.15, 0.2) is 18.7 Å². The number of esters is 2. The third-order valence-corrected chi connectivity index (χ3v) is 14.6. The van der Waals surface area contributed by atoms with Gasteiger partial charge >= 0.3 is 41.5 Å². The maximum absolute atomic E-state index is 12.9. The number of aliphatic hydroxyl groups is 7. The van der Waals surface area contributed by atoms with Crippen LogP contribution in [-0.4, -0.2) is 155 Å². The van der Waals surface area contributed by atoms with Gasteiger partial charge in [0, 0.05) is 12.8 Å². The number of unbranched alkanes of at least 4 members (excludes halogenated alkanes) is 28. The van der Waals surface area contributed by atoms with Crippen LogP contribution in [-0.2, 0) is 51.6 Å². The minimum atomic E-state index is -5.07. The zero-order valence-corrected chi connectivity index (χ0v) is 48.6. The third kappa shape index (κ3) is 33.3. The van der Waals surface area contributed by atoms with Crippen molar-refractivity contribution >= 4 is 19.8 Å². The topological polar surface area (TPSA) is 290 Å². The Morgan fingerprint density at radius 2 is 0.865 bits per heavy atom. The van der Waals surface area contributed by atoms with Crippen LogP contribution in [0.4, 0.5) is 0 Å². The molecule has 12 atom stereocenters. The Morgan fingerprint density at radius 1 is 0.486 bits per heavy atom. The van der Waals surface area contributed by atoms with E-state index in [1.165, 1.54) is 135 Å². The number of rotatable bonds is 47. The van der Waals surface area contributed by atoms with Crippen molar-refractivity contribution in [2.24, 2.45) is 0 Å². The largest absolute Gasteiger partial charge is 1.00 e. The number of hydrogen-bond acceptors (Lipinski definition) is 19. The van der Waals surface area contributed by atoms with Crippen LogP contribution in [0.15, 0.2) is 0 Å². The zero-order chi connectivity index (χ0) is 53.5. The molecule has 74 heavy (non-hydrogen) atoms. The van der Waals surface area contributed by atoms with E-state index < -0.39 is 127 Å². The van der Waals surface area contributed by atoms with Gasteiger partial charge in [0.25, 0.3) is 7.82 Å². The smallest absolute Gasteiger partial charge is 0.756 e. The second-order valence-corrected chi connectivity index (χ2v) is 21.6. The Bertz CT molecular complexity index is 1400. The predicted molar refractivity (Wildman–Crippen MR) is 272 cm³/mol. The molecule has 2 aliphatic heterocycles. The quantitative estimate of drug-likeness (QED) is 0.0195. The summed E-state index contributed by atoms with van der Waals surface area (Å²) in [5.74, 6) is -1.07. The summed E-state index contributed by atoms with van der Waals surface area (Å²) < 4.78 is 55.3. The summed E-state index contributed by atoms with van der Waals surface area (Å²) in [4.78, 5) is 38.4. The fraction of sp³-hybridized carbons (Fsp3) is 0.962. The van der Waals surface area contributed by atoms with Crippen molar-refractivity contribution in [3.63, 3.8) is 0 Å². The summed E-state index contributed by atoms with van der Waals surface area (Å²) in [7, 11) is -5.07. The van der Waals surface area contributed by atoms with Crippen LogP contribution in [0.25, 0.3) is 0 Å². The summed E-state index contributed by atoms with van der Waals surface area (Å²) >= 11 is 0. The molecule has 0 saturated carbocycles. The molecule has 21 heteroatoms. The van der Waals surface area contributed by atoms with Gasteiger partial charge in [0.2, 0.25) is 0 Å². The van der Waals surface area contributed by atoms with Gasteiger partial charge in [-0.2, -0.15) is 0 Å². The molecule has 0 aliphatic carbocycles. The van der Waals surface area contributed by atoms with Gasteiger partial charge in [-0.15, -0.1) is 0 Å². The number of ether oxygens (including phenoxy) is 6. The Labute approximate surface area is 465 Å². The van der Waals surface area contributed by atoms with E-state index in [1.54, 1.807) is 0 Å². The number of carbonyl (C=O) groups is 2. The normalized spacial score (nSPS) is 25.3. The minimum absolute atomic E-state index is 0. The van der Waals surface area contributed by atoms with Gasteiger partial charge in [-0.25, -0.2) is 0 Å². The first kappa shape index (κ1) is 71.6. The number of phosphoric ester groups is 1. The van der Waals surface area contributed by atoms with E-state index in [9.17, 15) is 54.8 Å². The molecule has 0 aromatic rings. The molecule has 11 unspecified atom stereocenters. The minimum Gasteiger partial charge on any atom is -0.756 e. The fourth-order valence-electron chi connectivity index (χ4n) is 9.01. The molecule has 432 valence electrons. The summed E-state index contributed by atoms with van der Waals surface area (Å²) in [6.45, 7) is 0.876. The van der Waals surface area contributed by atoms with E-state index in [1.807, 2.05) is 0 Å². The van der Waals surface area contributed by atoms with E-state index in [0.29, 0.717) is 12.8 Å². The molecule has 19 nitrogen and oxygen atoms in total. The van der Waals surface area contributed by atoms with E-state index in [2.05, 4.69) is 13.8 Å². The third-order valence-electron chi connectivity index (χ3n) is 13.7. The van der Waals surface area contributed by atoms with E-state index in [-0.39, 0.29) is 42.4 Å². The van der Waals surface area contributed by atoms with E-state index in [0.717, 1.165) is 44.9 Å². The molecule has 0 radical (unpaired) electrons. The molecular weight excluding hydrogens is 995 g/mol. The molecule has 2 heterocycles. The van der Waals surface area contributed by atoms with Crippen LogP contribution in [0.1, 0.15) is 219 Å².